The van der Waals surface area contributed by atoms with Crippen LogP contribution in [0.1, 0.15) is 26.8 Å². The van der Waals surface area contributed by atoms with Crippen molar-refractivity contribution in [3.05, 3.63) is 45.7 Å². The van der Waals surface area contributed by atoms with Crippen LogP contribution in [0.2, 0.25) is 0 Å². The summed E-state index contributed by atoms with van der Waals surface area (Å²) in [5.41, 5.74) is 6.56. The SMILES string of the molecule is Cc1nc(COc2ccc(F)cc2)sc1C(=O)N1CC[C@@H](N)C1.Cl.Cl. The Kier molecular flexibility index (Phi) is 8.08. The molecule has 1 fully saturated rings. The summed E-state index contributed by atoms with van der Waals surface area (Å²) in [6, 6.07) is 5.87. The van der Waals surface area contributed by atoms with Crippen LogP contribution in [0.4, 0.5) is 4.39 Å². The molecule has 138 valence electrons. The van der Waals surface area contributed by atoms with E-state index in [0.717, 1.165) is 11.4 Å². The molecule has 0 spiro atoms. The summed E-state index contributed by atoms with van der Waals surface area (Å²) in [6.07, 6.45) is 0.837. The lowest BCUT2D eigenvalue weighted by atomic mass is 10.3. The minimum absolute atomic E-state index is 0. The lowest BCUT2D eigenvalue weighted by Gasteiger charge is -2.14. The number of halogens is 3. The fourth-order valence-corrected chi connectivity index (χ4v) is 3.45. The Morgan fingerprint density at radius 2 is 2.08 bits per heavy atom. The van der Waals surface area contributed by atoms with Crippen LogP contribution in [0.25, 0.3) is 0 Å². The number of likely N-dealkylation sites (tertiary alicyclic amines) is 1. The molecule has 1 aliphatic heterocycles. The molecule has 25 heavy (non-hydrogen) atoms. The number of aromatic nitrogens is 1. The van der Waals surface area contributed by atoms with Gasteiger partial charge in [-0.2, -0.15) is 0 Å². The van der Waals surface area contributed by atoms with Crippen molar-refractivity contribution >= 4 is 42.1 Å². The lowest BCUT2D eigenvalue weighted by molar-refractivity contribution is 0.0794. The first kappa shape index (κ1) is 21.6. The first-order valence-electron chi connectivity index (χ1n) is 7.42. The van der Waals surface area contributed by atoms with Crippen molar-refractivity contribution in [1.82, 2.24) is 9.88 Å². The van der Waals surface area contributed by atoms with Gasteiger partial charge in [-0.05, 0) is 37.6 Å². The lowest BCUT2D eigenvalue weighted by Crippen LogP contribution is -2.31. The predicted octanol–water partition coefficient (Wildman–Crippen LogP) is 3.19. The molecule has 9 heteroatoms. The normalized spacial score (nSPS) is 16.1. The van der Waals surface area contributed by atoms with E-state index < -0.39 is 0 Å². The molecular weight excluding hydrogens is 388 g/mol. The number of ether oxygens (including phenoxy) is 1. The van der Waals surface area contributed by atoms with Gasteiger partial charge in [0.05, 0.1) is 5.69 Å². The first-order chi connectivity index (χ1) is 11.0. The number of nitrogens with two attached hydrogens (primary N) is 1. The molecule has 1 aliphatic rings. The maximum atomic E-state index is 12.9. The van der Waals surface area contributed by atoms with Gasteiger partial charge in [-0.1, -0.05) is 0 Å². The number of rotatable bonds is 4. The fourth-order valence-electron chi connectivity index (χ4n) is 2.50. The Bertz CT molecular complexity index is 712. The maximum absolute atomic E-state index is 12.9. The van der Waals surface area contributed by atoms with Gasteiger partial charge in [0, 0.05) is 19.1 Å². The molecule has 1 aromatic carbocycles. The zero-order valence-corrected chi connectivity index (χ0v) is 16.1. The highest BCUT2D eigenvalue weighted by Gasteiger charge is 2.27. The van der Waals surface area contributed by atoms with E-state index in [1.165, 1.54) is 23.5 Å². The molecule has 2 N–H and O–H groups in total. The molecule has 1 atom stereocenters. The zero-order valence-electron chi connectivity index (χ0n) is 13.6. The number of thiazole rings is 1. The van der Waals surface area contributed by atoms with Gasteiger partial charge in [-0.15, -0.1) is 36.2 Å². The number of carbonyl (C=O) groups excluding carboxylic acids is 1. The van der Waals surface area contributed by atoms with Crippen molar-refractivity contribution in [2.75, 3.05) is 13.1 Å². The number of benzene rings is 1. The van der Waals surface area contributed by atoms with E-state index in [9.17, 15) is 9.18 Å². The predicted molar refractivity (Wildman–Crippen MR) is 101 cm³/mol. The number of nitrogens with zero attached hydrogens (tertiary/aromatic N) is 2. The molecule has 2 heterocycles. The van der Waals surface area contributed by atoms with Crippen molar-refractivity contribution in [3.8, 4) is 5.75 Å². The summed E-state index contributed by atoms with van der Waals surface area (Å²) in [7, 11) is 0. The minimum Gasteiger partial charge on any atom is -0.486 e. The van der Waals surface area contributed by atoms with E-state index >= 15 is 0 Å². The summed E-state index contributed by atoms with van der Waals surface area (Å²) in [5, 5.41) is 0.721. The third-order valence-corrected chi connectivity index (χ3v) is 4.84. The largest absolute Gasteiger partial charge is 0.486 e. The van der Waals surface area contributed by atoms with Crippen LogP contribution < -0.4 is 10.5 Å². The summed E-state index contributed by atoms with van der Waals surface area (Å²) in [5.74, 6) is 0.248. The summed E-state index contributed by atoms with van der Waals surface area (Å²) < 4.78 is 18.4. The molecule has 1 aromatic heterocycles. The highest BCUT2D eigenvalue weighted by molar-refractivity contribution is 7.13. The van der Waals surface area contributed by atoms with Gasteiger partial charge in [0.15, 0.2) is 0 Å². The van der Waals surface area contributed by atoms with Crippen LogP contribution in [-0.2, 0) is 6.61 Å². The minimum atomic E-state index is -0.306. The molecular formula is C16H20Cl2FN3O2S. The van der Waals surface area contributed by atoms with Crippen LogP contribution in [-0.4, -0.2) is 34.9 Å². The van der Waals surface area contributed by atoms with Crippen LogP contribution in [0.3, 0.4) is 0 Å². The van der Waals surface area contributed by atoms with E-state index in [2.05, 4.69) is 4.98 Å². The van der Waals surface area contributed by atoms with E-state index in [-0.39, 0.29) is 49.2 Å². The van der Waals surface area contributed by atoms with Gasteiger partial charge in [0.1, 0.15) is 28.1 Å². The van der Waals surface area contributed by atoms with E-state index in [1.54, 1.807) is 17.0 Å². The standard InChI is InChI=1S/C16H18FN3O2S.2ClH/c1-10-15(16(21)20-7-6-12(18)8-20)23-14(19-10)9-22-13-4-2-11(17)3-5-13;;/h2-5,12H,6-9,18H2,1H3;2*1H/t12-;;/m1../s1. The van der Waals surface area contributed by atoms with Crippen molar-refractivity contribution in [2.45, 2.75) is 26.0 Å². The van der Waals surface area contributed by atoms with Crippen molar-refractivity contribution in [1.29, 1.82) is 0 Å². The molecule has 1 saturated heterocycles. The van der Waals surface area contributed by atoms with E-state index in [4.69, 9.17) is 10.5 Å². The third kappa shape index (κ3) is 5.28. The Balaban J connectivity index is 0.00000156. The Morgan fingerprint density at radius 1 is 1.40 bits per heavy atom. The van der Waals surface area contributed by atoms with Gasteiger partial charge < -0.3 is 15.4 Å². The number of hydrogen-bond donors (Lipinski definition) is 1. The molecule has 0 radical (unpaired) electrons. The molecule has 3 rings (SSSR count). The van der Waals surface area contributed by atoms with Crippen LogP contribution in [0.15, 0.2) is 24.3 Å². The quantitative estimate of drug-likeness (QED) is 0.844. The molecule has 0 saturated carbocycles. The smallest absolute Gasteiger partial charge is 0.265 e. The number of amides is 1. The van der Waals surface area contributed by atoms with Gasteiger partial charge in [-0.3, -0.25) is 4.79 Å². The topological polar surface area (TPSA) is 68.5 Å². The number of carbonyl (C=O) groups is 1. The van der Waals surface area contributed by atoms with Crippen molar-refractivity contribution < 1.29 is 13.9 Å². The summed E-state index contributed by atoms with van der Waals surface area (Å²) >= 11 is 1.34. The van der Waals surface area contributed by atoms with Crippen LogP contribution >= 0.6 is 36.2 Å². The van der Waals surface area contributed by atoms with Gasteiger partial charge in [-0.25, -0.2) is 9.37 Å². The average molecular weight is 408 g/mol. The second-order valence-electron chi connectivity index (χ2n) is 5.56. The summed E-state index contributed by atoms with van der Waals surface area (Å²) in [4.78, 5) is 19.3. The average Bonchev–Trinajstić information content (AvgIpc) is 3.12. The second kappa shape index (κ2) is 9.33. The molecule has 1 amide bonds. The number of hydrogen-bond acceptors (Lipinski definition) is 5. The molecule has 2 aromatic rings. The summed E-state index contributed by atoms with van der Waals surface area (Å²) in [6.45, 7) is 3.36. The number of aryl methyl sites for hydroxylation is 1. The fraction of sp³-hybridized carbons (Fsp3) is 0.375. The Morgan fingerprint density at radius 3 is 2.68 bits per heavy atom. The van der Waals surface area contributed by atoms with Crippen LogP contribution in [0.5, 0.6) is 5.75 Å². The zero-order chi connectivity index (χ0) is 16.4. The van der Waals surface area contributed by atoms with Crippen molar-refractivity contribution in [2.24, 2.45) is 5.73 Å². The van der Waals surface area contributed by atoms with Gasteiger partial charge in [0.25, 0.3) is 5.91 Å². The van der Waals surface area contributed by atoms with Crippen LogP contribution in [0, 0.1) is 12.7 Å². The molecule has 0 unspecified atom stereocenters. The monoisotopic (exact) mass is 407 g/mol. The van der Waals surface area contributed by atoms with E-state index in [0.29, 0.717) is 29.4 Å². The molecule has 0 aliphatic carbocycles. The first-order valence-corrected chi connectivity index (χ1v) is 8.24. The molecule has 5 nitrogen and oxygen atoms in total. The second-order valence-corrected chi connectivity index (χ2v) is 6.65. The van der Waals surface area contributed by atoms with E-state index in [1.807, 2.05) is 6.92 Å². The molecule has 0 bridgehead atoms. The van der Waals surface area contributed by atoms with Crippen molar-refractivity contribution in [3.63, 3.8) is 0 Å². The maximum Gasteiger partial charge on any atom is 0.265 e. The highest BCUT2D eigenvalue weighted by Crippen LogP contribution is 2.23. The van der Waals surface area contributed by atoms with Gasteiger partial charge in [0.2, 0.25) is 0 Å². The Hall–Kier alpha value is -1.41. The van der Waals surface area contributed by atoms with Gasteiger partial charge >= 0.3 is 0 Å². The Labute approximate surface area is 162 Å². The highest BCUT2D eigenvalue weighted by atomic mass is 35.5. The third-order valence-electron chi connectivity index (χ3n) is 3.72.